The molecule has 1 aromatic carbocycles. The summed E-state index contributed by atoms with van der Waals surface area (Å²) in [5.74, 6) is -0.104. The summed E-state index contributed by atoms with van der Waals surface area (Å²) in [7, 11) is 1.76. The van der Waals surface area contributed by atoms with Gasteiger partial charge in [0.1, 0.15) is 6.61 Å². The lowest BCUT2D eigenvalue weighted by atomic mass is 9.93. The van der Waals surface area contributed by atoms with Crippen molar-refractivity contribution >= 4 is 11.8 Å². The molecule has 6 nitrogen and oxygen atoms in total. The van der Waals surface area contributed by atoms with Crippen molar-refractivity contribution in [1.82, 2.24) is 14.7 Å². The minimum atomic E-state index is -0.649. The number of morpholine rings is 1. The molecule has 26 heavy (non-hydrogen) atoms. The van der Waals surface area contributed by atoms with E-state index in [0.717, 1.165) is 24.2 Å². The number of aryl methyl sites for hydroxylation is 1. The van der Waals surface area contributed by atoms with Crippen LogP contribution < -0.4 is 0 Å². The van der Waals surface area contributed by atoms with Crippen LogP contribution in [0.2, 0.25) is 0 Å². The maximum Gasteiger partial charge on any atom is 0.254 e. The minimum absolute atomic E-state index is 0.0130. The van der Waals surface area contributed by atoms with E-state index in [9.17, 15) is 9.59 Å². The number of ether oxygens (including phenoxy) is 1. The summed E-state index contributed by atoms with van der Waals surface area (Å²) in [5.41, 5.74) is 2.03. The van der Waals surface area contributed by atoms with Crippen molar-refractivity contribution in [2.45, 2.75) is 39.0 Å². The Hall–Kier alpha value is -1.92. The van der Waals surface area contributed by atoms with Crippen LogP contribution in [0.25, 0.3) is 0 Å². The predicted octanol–water partition coefficient (Wildman–Crippen LogP) is 1.45. The van der Waals surface area contributed by atoms with Crippen LogP contribution in [0, 0.1) is 6.92 Å². The summed E-state index contributed by atoms with van der Waals surface area (Å²) in [6, 6.07) is 8.00. The molecule has 2 aliphatic heterocycles. The number of benzene rings is 1. The van der Waals surface area contributed by atoms with Crippen molar-refractivity contribution in [3.05, 3.63) is 35.4 Å². The number of amides is 2. The van der Waals surface area contributed by atoms with Crippen molar-refractivity contribution in [3.8, 4) is 0 Å². The van der Waals surface area contributed by atoms with Gasteiger partial charge in [0.15, 0.2) is 6.10 Å². The van der Waals surface area contributed by atoms with Gasteiger partial charge in [-0.3, -0.25) is 14.5 Å². The van der Waals surface area contributed by atoms with E-state index in [0.29, 0.717) is 19.1 Å². The van der Waals surface area contributed by atoms with E-state index in [1.165, 1.54) is 0 Å². The van der Waals surface area contributed by atoms with Gasteiger partial charge in [0.2, 0.25) is 5.91 Å². The molecule has 0 aromatic heterocycles. The molecule has 2 amide bonds. The number of carbonyl (C=O) groups is 2. The van der Waals surface area contributed by atoms with Crippen molar-refractivity contribution in [2.75, 3.05) is 39.8 Å². The third-order valence-electron chi connectivity index (χ3n) is 5.59. The van der Waals surface area contributed by atoms with Crippen LogP contribution in [-0.4, -0.2) is 78.5 Å². The molecule has 3 rings (SSSR count). The number of carbonyl (C=O) groups excluding carboxylic acids is 2. The Morgan fingerprint density at radius 3 is 2.42 bits per heavy atom. The largest absolute Gasteiger partial charge is 0.356 e. The lowest BCUT2D eigenvalue weighted by Crippen LogP contribution is -2.58. The van der Waals surface area contributed by atoms with E-state index in [1.807, 2.05) is 36.1 Å². The van der Waals surface area contributed by atoms with Crippen LogP contribution >= 0.6 is 0 Å². The molecule has 0 radical (unpaired) electrons. The SMILES string of the molecule is Cc1ccccc1[C@@H]1[C@@H](C(=O)N2CCN(C(C)C)CC2)OCC(=O)N1C. The molecule has 2 saturated heterocycles. The van der Waals surface area contributed by atoms with Crippen LogP contribution in [0.4, 0.5) is 0 Å². The second kappa shape index (κ2) is 7.76. The number of nitrogens with zero attached hydrogens (tertiary/aromatic N) is 3. The summed E-state index contributed by atoms with van der Waals surface area (Å²) in [6.07, 6.45) is -0.649. The molecule has 0 N–H and O–H groups in total. The molecular formula is C20H29N3O3. The van der Waals surface area contributed by atoms with Crippen molar-refractivity contribution < 1.29 is 14.3 Å². The highest BCUT2D eigenvalue weighted by molar-refractivity contribution is 5.86. The van der Waals surface area contributed by atoms with Crippen LogP contribution in [0.15, 0.2) is 24.3 Å². The van der Waals surface area contributed by atoms with Crippen LogP contribution in [0.5, 0.6) is 0 Å². The quantitative estimate of drug-likeness (QED) is 0.820. The number of hydrogen-bond donors (Lipinski definition) is 0. The first-order valence-electron chi connectivity index (χ1n) is 9.35. The smallest absolute Gasteiger partial charge is 0.254 e. The normalized spacial score (nSPS) is 25.0. The van der Waals surface area contributed by atoms with Gasteiger partial charge in [0, 0.05) is 39.3 Å². The Balaban J connectivity index is 1.81. The lowest BCUT2D eigenvalue weighted by Gasteiger charge is -2.43. The standard InChI is InChI=1S/C20H29N3O3/c1-14(2)22-9-11-23(12-10-22)20(25)19-18(21(4)17(24)13-26-19)16-8-6-5-7-15(16)3/h5-8,14,18-19H,9-13H2,1-4H3/t18-,19+/m1/s1. The van der Waals surface area contributed by atoms with Crippen molar-refractivity contribution in [2.24, 2.45) is 0 Å². The molecule has 2 fully saturated rings. The second-order valence-corrected chi connectivity index (χ2v) is 7.49. The molecule has 6 heteroatoms. The summed E-state index contributed by atoms with van der Waals surface area (Å²) in [6.45, 7) is 9.48. The number of piperazine rings is 1. The molecule has 0 bridgehead atoms. The fourth-order valence-electron chi connectivity index (χ4n) is 3.85. The van der Waals surface area contributed by atoms with Gasteiger partial charge < -0.3 is 14.5 Å². The zero-order chi connectivity index (χ0) is 18.8. The monoisotopic (exact) mass is 359 g/mol. The molecule has 1 aromatic rings. The topological polar surface area (TPSA) is 53.1 Å². The molecular weight excluding hydrogens is 330 g/mol. The van der Waals surface area contributed by atoms with Gasteiger partial charge in [-0.2, -0.15) is 0 Å². The molecule has 142 valence electrons. The maximum atomic E-state index is 13.2. The Bertz CT molecular complexity index is 668. The zero-order valence-corrected chi connectivity index (χ0v) is 16.1. The Labute approximate surface area is 155 Å². The fraction of sp³-hybridized carbons (Fsp3) is 0.600. The van der Waals surface area contributed by atoms with E-state index >= 15 is 0 Å². The molecule has 0 spiro atoms. The predicted molar refractivity (Wildman–Crippen MR) is 99.7 cm³/mol. The molecule has 0 aliphatic carbocycles. The van der Waals surface area contributed by atoms with E-state index in [4.69, 9.17) is 4.74 Å². The van der Waals surface area contributed by atoms with Crippen molar-refractivity contribution in [1.29, 1.82) is 0 Å². The van der Waals surface area contributed by atoms with Gasteiger partial charge in [0.05, 0.1) is 6.04 Å². The molecule has 0 saturated carbocycles. The molecule has 2 heterocycles. The van der Waals surface area contributed by atoms with E-state index in [-0.39, 0.29) is 24.5 Å². The summed E-state index contributed by atoms with van der Waals surface area (Å²) < 4.78 is 5.78. The Kier molecular flexibility index (Phi) is 5.63. The van der Waals surface area contributed by atoms with Gasteiger partial charge in [-0.25, -0.2) is 0 Å². The summed E-state index contributed by atoms with van der Waals surface area (Å²) in [5, 5.41) is 0. The Morgan fingerprint density at radius 1 is 1.15 bits per heavy atom. The second-order valence-electron chi connectivity index (χ2n) is 7.49. The average Bonchev–Trinajstić information content (AvgIpc) is 2.64. The van der Waals surface area contributed by atoms with Crippen LogP contribution in [0.1, 0.15) is 31.0 Å². The minimum Gasteiger partial charge on any atom is -0.356 e. The lowest BCUT2D eigenvalue weighted by molar-refractivity contribution is -0.168. The van der Waals surface area contributed by atoms with Gasteiger partial charge in [-0.15, -0.1) is 0 Å². The maximum absolute atomic E-state index is 13.2. The number of likely N-dealkylation sites (N-methyl/N-ethyl adjacent to an activating group) is 1. The highest BCUT2D eigenvalue weighted by Crippen LogP contribution is 2.32. The van der Waals surface area contributed by atoms with E-state index in [1.54, 1.807) is 11.9 Å². The number of hydrogen-bond acceptors (Lipinski definition) is 4. The van der Waals surface area contributed by atoms with E-state index < -0.39 is 6.10 Å². The first kappa shape index (κ1) is 18.9. The van der Waals surface area contributed by atoms with E-state index in [2.05, 4.69) is 18.7 Å². The Morgan fingerprint density at radius 2 is 1.81 bits per heavy atom. The van der Waals surface area contributed by atoms with Crippen molar-refractivity contribution in [3.63, 3.8) is 0 Å². The summed E-state index contributed by atoms with van der Waals surface area (Å²) >= 11 is 0. The molecule has 2 aliphatic rings. The van der Waals surface area contributed by atoms with Crippen LogP contribution in [0.3, 0.4) is 0 Å². The fourth-order valence-corrected chi connectivity index (χ4v) is 3.85. The third-order valence-corrected chi connectivity index (χ3v) is 5.59. The van der Waals surface area contributed by atoms with Gasteiger partial charge in [0.25, 0.3) is 5.91 Å². The van der Waals surface area contributed by atoms with Crippen LogP contribution in [-0.2, 0) is 14.3 Å². The van der Waals surface area contributed by atoms with Gasteiger partial charge >= 0.3 is 0 Å². The first-order chi connectivity index (χ1) is 12.4. The number of rotatable bonds is 3. The first-order valence-corrected chi connectivity index (χ1v) is 9.35. The zero-order valence-electron chi connectivity index (χ0n) is 16.1. The van der Waals surface area contributed by atoms with Gasteiger partial charge in [-0.1, -0.05) is 24.3 Å². The van der Waals surface area contributed by atoms with Gasteiger partial charge in [-0.05, 0) is 31.9 Å². The summed E-state index contributed by atoms with van der Waals surface area (Å²) in [4.78, 5) is 31.4. The highest BCUT2D eigenvalue weighted by Gasteiger charge is 2.42. The molecule has 2 atom stereocenters. The third kappa shape index (κ3) is 3.62. The highest BCUT2D eigenvalue weighted by atomic mass is 16.5. The molecule has 0 unspecified atom stereocenters. The average molecular weight is 359 g/mol.